The number of phenolic OH excluding ortho intramolecular Hbond substituents is 1. The van der Waals surface area contributed by atoms with Gasteiger partial charge < -0.3 is 20.1 Å². The molecule has 1 aromatic carbocycles. The van der Waals surface area contributed by atoms with Crippen LogP contribution in [0.2, 0.25) is 0 Å². The third-order valence-electron chi connectivity index (χ3n) is 3.12. The van der Waals surface area contributed by atoms with Gasteiger partial charge in [0, 0.05) is 19.6 Å². The number of ether oxygens (including phenoxy) is 1. The number of hydrogen-bond donors (Lipinski definition) is 2. The van der Waals surface area contributed by atoms with Crippen molar-refractivity contribution in [2.75, 3.05) is 19.6 Å². The largest absolute Gasteiger partial charge is 0.508 e. The van der Waals surface area contributed by atoms with Gasteiger partial charge in [-0.3, -0.25) is 0 Å². The van der Waals surface area contributed by atoms with Crippen molar-refractivity contribution in [3.8, 4) is 5.75 Å². The molecule has 5 nitrogen and oxygen atoms in total. The van der Waals surface area contributed by atoms with Crippen LogP contribution in [-0.4, -0.2) is 41.3 Å². The van der Waals surface area contributed by atoms with E-state index in [0.29, 0.717) is 13.1 Å². The van der Waals surface area contributed by atoms with Crippen LogP contribution in [-0.2, 0) is 4.74 Å². The first-order valence-electron chi connectivity index (χ1n) is 6.85. The van der Waals surface area contributed by atoms with Gasteiger partial charge >= 0.3 is 6.09 Å². The molecule has 0 spiro atoms. The molecular formula is C15H22N2O3. The Bertz CT molecular complexity index is 465. The number of nitrogens with zero attached hydrogens (tertiary/aromatic N) is 1. The molecule has 110 valence electrons. The van der Waals surface area contributed by atoms with Gasteiger partial charge in [-0.2, -0.15) is 0 Å². The van der Waals surface area contributed by atoms with Gasteiger partial charge in [0.1, 0.15) is 11.4 Å². The number of carbonyl (C=O) groups is 1. The van der Waals surface area contributed by atoms with E-state index >= 15 is 0 Å². The van der Waals surface area contributed by atoms with Gasteiger partial charge in [-0.05, 0) is 38.5 Å². The molecule has 0 bridgehead atoms. The number of benzene rings is 1. The standard InChI is InChI=1S/C15H22N2O3/c1-15(2,3)20-14(19)17-9-8-16-13(10-17)11-4-6-12(18)7-5-11/h4-7,13,16,18H,8-10H2,1-3H3/t13-/m0/s1. The molecule has 2 rings (SSSR count). The minimum atomic E-state index is -0.476. The Labute approximate surface area is 119 Å². The molecule has 1 amide bonds. The summed E-state index contributed by atoms with van der Waals surface area (Å²) in [7, 11) is 0. The van der Waals surface area contributed by atoms with E-state index < -0.39 is 5.60 Å². The van der Waals surface area contributed by atoms with E-state index in [1.54, 1.807) is 17.0 Å². The van der Waals surface area contributed by atoms with Crippen LogP contribution < -0.4 is 5.32 Å². The number of carbonyl (C=O) groups excluding carboxylic acids is 1. The molecule has 0 aliphatic carbocycles. The molecule has 2 N–H and O–H groups in total. The Hall–Kier alpha value is -1.75. The van der Waals surface area contributed by atoms with Crippen molar-refractivity contribution in [2.45, 2.75) is 32.4 Å². The van der Waals surface area contributed by atoms with Gasteiger partial charge in [0.2, 0.25) is 0 Å². The lowest BCUT2D eigenvalue weighted by molar-refractivity contribution is 0.0195. The minimum Gasteiger partial charge on any atom is -0.508 e. The molecule has 1 aliphatic heterocycles. The molecular weight excluding hydrogens is 256 g/mol. The van der Waals surface area contributed by atoms with Crippen LogP contribution in [0, 0.1) is 0 Å². The van der Waals surface area contributed by atoms with Crippen LogP contribution in [0.3, 0.4) is 0 Å². The molecule has 1 atom stereocenters. The molecule has 1 aliphatic rings. The van der Waals surface area contributed by atoms with Gasteiger partial charge in [0.05, 0.1) is 6.04 Å². The number of rotatable bonds is 1. The van der Waals surface area contributed by atoms with Gasteiger partial charge in [0.25, 0.3) is 0 Å². The van der Waals surface area contributed by atoms with Crippen molar-refractivity contribution in [3.63, 3.8) is 0 Å². The van der Waals surface area contributed by atoms with Gasteiger partial charge in [-0.1, -0.05) is 12.1 Å². The Morgan fingerprint density at radius 1 is 1.35 bits per heavy atom. The third kappa shape index (κ3) is 3.87. The predicted molar refractivity (Wildman–Crippen MR) is 76.7 cm³/mol. The van der Waals surface area contributed by atoms with E-state index in [9.17, 15) is 9.90 Å². The summed E-state index contributed by atoms with van der Waals surface area (Å²) in [6.45, 7) is 7.54. The van der Waals surface area contributed by atoms with Crippen molar-refractivity contribution in [1.29, 1.82) is 0 Å². The number of hydrogen-bond acceptors (Lipinski definition) is 4. The summed E-state index contributed by atoms with van der Waals surface area (Å²) in [6, 6.07) is 7.11. The van der Waals surface area contributed by atoms with Crippen molar-refractivity contribution in [3.05, 3.63) is 29.8 Å². The molecule has 1 fully saturated rings. The van der Waals surface area contributed by atoms with Crippen LogP contribution >= 0.6 is 0 Å². The second kappa shape index (κ2) is 5.71. The average molecular weight is 278 g/mol. The quantitative estimate of drug-likeness (QED) is 0.827. The number of phenols is 1. The molecule has 1 aromatic rings. The van der Waals surface area contributed by atoms with E-state index in [1.807, 2.05) is 32.9 Å². The smallest absolute Gasteiger partial charge is 0.410 e. The van der Waals surface area contributed by atoms with Crippen molar-refractivity contribution >= 4 is 6.09 Å². The fourth-order valence-electron chi connectivity index (χ4n) is 2.17. The van der Waals surface area contributed by atoms with Crippen molar-refractivity contribution in [1.82, 2.24) is 10.2 Å². The topological polar surface area (TPSA) is 61.8 Å². The predicted octanol–water partition coefficient (Wildman–Crippen LogP) is 2.27. The van der Waals surface area contributed by atoms with Gasteiger partial charge in [0.15, 0.2) is 0 Å². The van der Waals surface area contributed by atoms with Crippen LogP contribution in [0.5, 0.6) is 5.75 Å². The van der Waals surface area contributed by atoms with Crippen LogP contribution in [0.1, 0.15) is 32.4 Å². The zero-order valence-corrected chi connectivity index (χ0v) is 12.2. The Morgan fingerprint density at radius 2 is 2.00 bits per heavy atom. The summed E-state index contributed by atoms with van der Waals surface area (Å²) < 4.78 is 5.40. The average Bonchev–Trinajstić information content (AvgIpc) is 2.38. The molecule has 0 saturated carbocycles. The highest BCUT2D eigenvalue weighted by Gasteiger charge is 2.27. The van der Waals surface area contributed by atoms with Gasteiger partial charge in [-0.25, -0.2) is 4.79 Å². The number of amides is 1. The summed E-state index contributed by atoms with van der Waals surface area (Å²) in [5.41, 5.74) is 0.576. The molecule has 5 heteroatoms. The first-order chi connectivity index (χ1) is 9.35. The second-order valence-electron chi connectivity index (χ2n) is 6.02. The monoisotopic (exact) mass is 278 g/mol. The molecule has 0 aromatic heterocycles. The molecule has 0 radical (unpaired) electrons. The lowest BCUT2D eigenvalue weighted by Crippen LogP contribution is -2.49. The first kappa shape index (κ1) is 14.7. The SMILES string of the molecule is CC(C)(C)OC(=O)N1CCN[C@H](c2ccc(O)cc2)C1. The maximum absolute atomic E-state index is 12.1. The zero-order valence-electron chi connectivity index (χ0n) is 12.2. The van der Waals surface area contributed by atoms with Crippen molar-refractivity contribution in [2.24, 2.45) is 0 Å². The minimum absolute atomic E-state index is 0.0665. The summed E-state index contributed by atoms with van der Waals surface area (Å²) in [4.78, 5) is 13.8. The summed E-state index contributed by atoms with van der Waals surface area (Å²) in [5.74, 6) is 0.244. The fourth-order valence-corrected chi connectivity index (χ4v) is 2.17. The normalized spacial score (nSPS) is 19.8. The maximum atomic E-state index is 12.1. The maximum Gasteiger partial charge on any atom is 0.410 e. The molecule has 1 saturated heterocycles. The van der Waals surface area contributed by atoms with E-state index in [2.05, 4.69) is 5.32 Å². The lowest BCUT2D eigenvalue weighted by atomic mass is 10.0. The lowest BCUT2D eigenvalue weighted by Gasteiger charge is -2.35. The highest BCUT2D eigenvalue weighted by atomic mass is 16.6. The van der Waals surface area contributed by atoms with Crippen LogP contribution in [0.15, 0.2) is 24.3 Å². The van der Waals surface area contributed by atoms with Crippen LogP contribution in [0.25, 0.3) is 0 Å². The van der Waals surface area contributed by atoms with E-state index in [1.165, 1.54) is 0 Å². The summed E-state index contributed by atoms with van der Waals surface area (Å²) in [6.07, 6.45) is -0.275. The number of piperazine rings is 1. The van der Waals surface area contributed by atoms with E-state index in [-0.39, 0.29) is 17.9 Å². The Balaban J connectivity index is 2.01. The van der Waals surface area contributed by atoms with Gasteiger partial charge in [-0.15, -0.1) is 0 Å². The zero-order chi connectivity index (χ0) is 14.8. The highest BCUT2D eigenvalue weighted by Crippen LogP contribution is 2.21. The third-order valence-corrected chi connectivity index (χ3v) is 3.12. The fraction of sp³-hybridized carbons (Fsp3) is 0.533. The highest BCUT2D eigenvalue weighted by molar-refractivity contribution is 5.68. The summed E-state index contributed by atoms with van der Waals surface area (Å²) in [5, 5.41) is 12.7. The van der Waals surface area contributed by atoms with Crippen molar-refractivity contribution < 1.29 is 14.6 Å². The Kier molecular flexibility index (Phi) is 4.18. The van der Waals surface area contributed by atoms with E-state index in [4.69, 9.17) is 4.74 Å². The molecule has 20 heavy (non-hydrogen) atoms. The summed E-state index contributed by atoms with van der Waals surface area (Å²) >= 11 is 0. The van der Waals surface area contributed by atoms with E-state index in [0.717, 1.165) is 12.1 Å². The first-order valence-corrected chi connectivity index (χ1v) is 6.85. The number of aromatic hydroxyl groups is 1. The second-order valence-corrected chi connectivity index (χ2v) is 6.02. The molecule has 0 unspecified atom stereocenters. The Morgan fingerprint density at radius 3 is 2.60 bits per heavy atom. The number of nitrogens with one attached hydrogen (secondary N) is 1. The van der Waals surface area contributed by atoms with Crippen LogP contribution in [0.4, 0.5) is 4.79 Å². The molecule has 1 heterocycles.